The average Bonchev–Trinajstić information content (AvgIpc) is 3.43. The van der Waals surface area contributed by atoms with Crippen molar-refractivity contribution in [3.05, 3.63) is 95.5 Å². The first-order chi connectivity index (χ1) is 19.4. The summed E-state index contributed by atoms with van der Waals surface area (Å²) in [7, 11) is 0. The van der Waals surface area contributed by atoms with Gasteiger partial charge >= 0.3 is 11.9 Å². The minimum atomic E-state index is -0.956. The van der Waals surface area contributed by atoms with Crippen LogP contribution in [0.5, 0.6) is 0 Å². The summed E-state index contributed by atoms with van der Waals surface area (Å²) in [6.07, 6.45) is 7.41. The Labute approximate surface area is 238 Å². The van der Waals surface area contributed by atoms with Crippen LogP contribution in [0.2, 0.25) is 0 Å². The Morgan fingerprint density at radius 1 is 0.950 bits per heavy atom. The molecule has 0 saturated carbocycles. The van der Waals surface area contributed by atoms with Crippen LogP contribution in [-0.2, 0) is 20.8 Å². The summed E-state index contributed by atoms with van der Waals surface area (Å²) in [4.78, 5) is 36.3. The van der Waals surface area contributed by atoms with Crippen molar-refractivity contribution in [3.63, 3.8) is 0 Å². The highest BCUT2D eigenvalue weighted by Crippen LogP contribution is 2.32. The Morgan fingerprint density at radius 2 is 1.73 bits per heavy atom. The molecule has 1 aromatic heterocycles. The molecule has 0 radical (unpaired) electrons. The fraction of sp³-hybridized carbons (Fsp3) is 0.281. The molecule has 4 rings (SSSR count). The van der Waals surface area contributed by atoms with Gasteiger partial charge in [0.05, 0.1) is 12.5 Å². The van der Waals surface area contributed by atoms with E-state index in [9.17, 15) is 14.4 Å². The molecule has 0 spiro atoms. The molecule has 208 valence electrons. The van der Waals surface area contributed by atoms with Gasteiger partial charge in [-0.2, -0.15) is 0 Å². The van der Waals surface area contributed by atoms with Crippen LogP contribution in [0.4, 0.5) is 0 Å². The van der Waals surface area contributed by atoms with Crippen LogP contribution >= 0.6 is 11.3 Å². The highest BCUT2D eigenvalue weighted by molar-refractivity contribution is 7.14. The van der Waals surface area contributed by atoms with Crippen molar-refractivity contribution in [2.24, 2.45) is 5.92 Å². The number of aliphatic carboxylic acids is 2. The van der Waals surface area contributed by atoms with Crippen LogP contribution in [0.15, 0.2) is 90.0 Å². The maximum absolute atomic E-state index is 12.9. The molecule has 3 aromatic rings. The first-order valence-electron chi connectivity index (χ1n) is 13.5. The smallest absolute Gasteiger partial charge is 0.303 e. The number of nitrogens with one attached hydrogen (secondary N) is 2. The number of hydrogen-bond acceptors (Lipinski definition) is 5. The average molecular weight is 559 g/mol. The maximum Gasteiger partial charge on any atom is 0.303 e. The van der Waals surface area contributed by atoms with Gasteiger partial charge in [0.2, 0.25) is 5.91 Å². The number of carbonyl (C=O) groups excluding carboxylic acids is 1. The minimum Gasteiger partial charge on any atom is -0.481 e. The molecule has 1 aliphatic rings. The number of benzene rings is 2. The van der Waals surface area contributed by atoms with E-state index >= 15 is 0 Å². The summed E-state index contributed by atoms with van der Waals surface area (Å²) in [6, 6.07) is 20.4. The van der Waals surface area contributed by atoms with Crippen molar-refractivity contribution in [1.29, 1.82) is 0 Å². The third-order valence-electron chi connectivity index (χ3n) is 6.82. The molecule has 7 nitrogen and oxygen atoms in total. The van der Waals surface area contributed by atoms with Gasteiger partial charge in [0.15, 0.2) is 0 Å². The molecule has 2 atom stereocenters. The highest BCUT2D eigenvalue weighted by Gasteiger charge is 2.22. The van der Waals surface area contributed by atoms with E-state index in [1.165, 1.54) is 27.1 Å². The van der Waals surface area contributed by atoms with Gasteiger partial charge in [0.1, 0.15) is 0 Å². The normalized spacial score (nSPS) is 15.3. The fourth-order valence-electron chi connectivity index (χ4n) is 4.72. The Kier molecular flexibility index (Phi) is 10.4. The Morgan fingerprint density at radius 3 is 2.45 bits per heavy atom. The second-order valence-corrected chi connectivity index (χ2v) is 10.8. The predicted octanol–water partition coefficient (Wildman–Crippen LogP) is 5.89. The zero-order valence-corrected chi connectivity index (χ0v) is 23.0. The number of rotatable bonds is 14. The number of hydrogen-bond donors (Lipinski definition) is 4. The molecular weight excluding hydrogens is 524 g/mol. The SMILES string of the molecule is O=C(O)CCC(NCCCc1ccc(-c2cc(-c3ccccc3)cs2)cc1)C(=O)NC1=CC=CC(CC(=O)O)C1. The second-order valence-electron chi connectivity index (χ2n) is 9.93. The molecule has 0 bridgehead atoms. The van der Waals surface area contributed by atoms with Gasteiger partial charge in [-0.25, -0.2) is 0 Å². The lowest BCUT2D eigenvalue weighted by Crippen LogP contribution is -2.45. The molecule has 1 heterocycles. The molecule has 1 amide bonds. The van der Waals surface area contributed by atoms with Crippen LogP contribution in [0.1, 0.15) is 37.7 Å². The van der Waals surface area contributed by atoms with E-state index in [0.717, 1.165) is 12.8 Å². The minimum absolute atomic E-state index is 0.00651. The zero-order chi connectivity index (χ0) is 28.3. The number of thiophene rings is 1. The molecule has 0 aliphatic heterocycles. The first-order valence-corrected chi connectivity index (χ1v) is 14.3. The van der Waals surface area contributed by atoms with Crippen molar-refractivity contribution in [2.45, 2.75) is 44.6 Å². The van der Waals surface area contributed by atoms with E-state index in [2.05, 4.69) is 58.5 Å². The quantitative estimate of drug-likeness (QED) is 0.184. The number of aryl methyl sites for hydroxylation is 1. The highest BCUT2D eigenvalue weighted by atomic mass is 32.1. The third kappa shape index (κ3) is 8.76. The summed E-state index contributed by atoms with van der Waals surface area (Å²) in [5, 5.41) is 26.4. The second kappa shape index (κ2) is 14.4. The summed E-state index contributed by atoms with van der Waals surface area (Å²) >= 11 is 1.73. The monoisotopic (exact) mass is 558 g/mol. The molecule has 2 unspecified atom stereocenters. The lowest BCUT2D eigenvalue weighted by atomic mass is 9.95. The van der Waals surface area contributed by atoms with Gasteiger partial charge in [-0.15, -0.1) is 11.3 Å². The van der Waals surface area contributed by atoms with Gasteiger partial charge in [0.25, 0.3) is 0 Å². The lowest BCUT2D eigenvalue weighted by molar-refractivity contribution is -0.138. The Bertz CT molecular complexity index is 1360. The Balaban J connectivity index is 1.27. The van der Waals surface area contributed by atoms with Crippen molar-refractivity contribution in [1.82, 2.24) is 10.6 Å². The topological polar surface area (TPSA) is 116 Å². The number of allylic oxidation sites excluding steroid dienone is 4. The first kappa shape index (κ1) is 29.0. The van der Waals surface area contributed by atoms with Crippen LogP contribution in [0, 0.1) is 5.92 Å². The van der Waals surface area contributed by atoms with Gasteiger partial charge in [-0.3, -0.25) is 14.4 Å². The van der Waals surface area contributed by atoms with Crippen molar-refractivity contribution in [3.8, 4) is 21.6 Å². The molecule has 1 aliphatic carbocycles. The van der Waals surface area contributed by atoms with Gasteiger partial charge in [-0.1, -0.05) is 66.7 Å². The molecule has 4 N–H and O–H groups in total. The van der Waals surface area contributed by atoms with E-state index in [1.54, 1.807) is 23.5 Å². The fourth-order valence-corrected chi connectivity index (χ4v) is 5.64. The van der Waals surface area contributed by atoms with Crippen molar-refractivity contribution >= 4 is 29.2 Å². The van der Waals surface area contributed by atoms with Gasteiger partial charge < -0.3 is 20.8 Å². The van der Waals surface area contributed by atoms with Crippen LogP contribution in [0.3, 0.4) is 0 Å². The van der Waals surface area contributed by atoms with Crippen molar-refractivity contribution in [2.75, 3.05) is 6.54 Å². The maximum atomic E-state index is 12.9. The van der Waals surface area contributed by atoms with E-state index in [0.29, 0.717) is 18.7 Å². The molecule has 8 heteroatoms. The molecule has 40 heavy (non-hydrogen) atoms. The number of carboxylic acid groups (broad SMARTS) is 2. The summed E-state index contributed by atoms with van der Waals surface area (Å²) in [5.74, 6) is -2.32. The van der Waals surface area contributed by atoms with E-state index < -0.39 is 18.0 Å². The molecule has 2 aromatic carbocycles. The molecule has 0 saturated heterocycles. The van der Waals surface area contributed by atoms with Crippen molar-refractivity contribution < 1.29 is 24.6 Å². The number of carboxylic acids is 2. The zero-order valence-electron chi connectivity index (χ0n) is 22.2. The van der Waals surface area contributed by atoms with Gasteiger partial charge in [-0.05, 0) is 77.9 Å². The van der Waals surface area contributed by atoms with Crippen LogP contribution in [0.25, 0.3) is 21.6 Å². The number of carbonyl (C=O) groups is 3. The van der Waals surface area contributed by atoms with Crippen LogP contribution in [-0.4, -0.2) is 40.6 Å². The number of amides is 1. The van der Waals surface area contributed by atoms with Gasteiger partial charge in [0, 0.05) is 17.0 Å². The summed E-state index contributed by atoms with van der Waals surface area (Å²) in [6.45, 7) is 0.561. The summed E-state index contributed by atoms with van der Waals surface area (Å²) in [5.41, 5.74) is 5.44. The Hall–Kier alpha value is -4.01. The van der Waals surface area contributed by atoms with E-state index in [-0.39, 0.29) is 31.1 Å². The molecular formula is C32H34N2O5S. The standard InChI is InChI=1S/C32H34N2O5S/c35-30(36)16-15-28(32(39)34-27-10-4-6-23(18-27)19-31(37)38)33-17-5-7-22-11-13-25(14-12-22)29-20-26(21-40-29)24-8-2-1-3-9-24/h1-4,6,8-14,20-21,23,28,33H,5,7,15-19H2,(H,34,39)(H,35,36)(H,37,38). The third-order valence-corrected chi connectivity index (χ3v) is 7.80. The van der Waals surface area contributed by atoms with Crippen LogP contribution < -0.4 is 10.6 Å². The largest absolute Gasteiger partial charge is 0.481 e. The van der Waals surface area contributed by atoms with E-state index in [4.69, 9.17) is 10.2 Å². The molecule has 0 fully saturated rings. The lowest BCUT2D eigenvalue weighted by Gasteiger charge is -2.22. The van der Waals surface area contributed by atoms with E-state index in [1.807, 2.05) is 24.3 Å². The predicted molar refractivity (Wildman–Crippen MR) is 158 cm³/mol. The summed E-state index contributed by atoms with van der Waals surface area (Å²) < 4.78 is 0.